The first-order chi connectivity index (χ1) is 13.7. The molecule has 0 fully saturated rings. The van der Waals surface area contributed by atoms with Crippen molar-refractivity contribution in [1.82, 2.24) is 15.3 Å². The highest BCUT2D eigenvalue weighted by Crippen LogP contribution is 2.19. The Balaban J connectivity index is 1.53. The first-order valence-electron chi connectivity index (χ1n) is 8.84. The third kappa shape index (κ3) is 4.97. The largest absolute Gasteiger partial charge is 0.497 e. The molecule has 0 bridgehead atoms. The first-order valence-corrected chi connectivity index (χ1v) is 8.84. The summed E-state index contributed by atoms with van der Waals surface area (Å²) in [6.07, 6.45) is 1.57. The monoisotopic (exact) mass is 378 g/mol. The van der Waals surface area contributed by atoms with Gasteiger partial charge in [-0.25, -0.2) is 9.97 Å². The predicted octanol–water partition coefficient (Wildman–Crippen LogP) is 3.06. The quantitative estimate of drug-likeness (QED) is 0.607. The summed E-state index contributed by atoms with van der Waals surface area (Å²) in [4.78, 5) is 22.8. The molecule has 7 heteroatoms. The predicted molar refractivity (Wildman–Crippen MR) is 107 cm³/mol. The Kier molecular flexibility index (Phi) is 6.41. The van der Waals surface area contributed by atoms with Crippen LogP contribution in [-0.2, 0) is 0 Å². The maximum Gasteiger partial charge on any atom is 0.270 e. The second-order valence-electron chi connectivity index (χ2n) is 5.92. The van der Waals surface area contributed by atoms with E-state index in [9.17, 15) is 4.79 Å². The number of anilines is 2. The van der Waals surface area contributed by atoms with Crippen molar-refractivity contribution in [1.29, 1.82) is 0 Å². The molecule has 144 valence electrons. The van der Waals surface area contributed by atoms with Gasteiger partial charge in [0, 0.05) is 18.9 Å². The van der Waals surface area contributed by atoms with Crippen LogP contribution in [0.3, 0.4) is 0 Å². The minimum absolute atomic E-state index is 0.275. The van der Waals surface area contributed by atoms with E-state index in [2.05, 4.69) is 15.3 Å². The van der Waals surface area contributed by atoms with Gasteiger partial charge in [0.2, 0.25) is 5.95 Å². The molecule has 0 unspecified atom stereocenters. The molecule has 3 aromatic rings. The highest BCUT2D eigenvalue weighted by atomic mass is 16.5. The first kappa shape index (κ1) is 19.2. The molecule has 7 nitrogen and oxygen atoms in total. The van der Waals surface area contributed by atoms with E-state index in [4.69, 9.17) is 9.47 Å². The Labute approximate surface area is 164 Å². The van der Waals surface area contributed by atoms with Crippen LogP contribution >= 0.6 is 0 Å². The van der Waals surface area contributed by atoms with E-state index in [0.29, 0.717) is 30.5 Å². The molecule has 0 saturated heterocycles. The maximum absolute atomic E-state index is 12.4. The zero-order valence-electron chi connectivity index (χ0n) is 15.8. The second-order valence-corrected chi connectivity index (χ2v) is 5.92. The van der Waals surface area contributed by atoms with Gasteiger partial charge in [0.15, 0.2) is 0 Å². The molecule has 0 radical (unpaired) electrons. The van der Waals surface area contributed by atoms with E-state index in [1.54, 1.807) is 19.4 Å². The minimum Gasteiger partial charge on any atom is -0.497 e. The fraction of sp³-hybridized carbons (Fsp3) is 0.190. The smallest absolute Gasteiger partial charge is 0.270 e. The lowest BCUT2D eigenvalue weighted by Crippen LogP contribution is -2.29. The SMILES string of the molecule is COc1ccc(OCCNC(=O)c2ccnc(N(C)c3ccccc3)n2)cc1. The van der Waals surface area contributed by atoms with Crippen LogP contribution < -0.4 is 19.7 Å². The van der Waals surface area contributed by atoms with Crippen molar-refractivity contribution in [3.63, 3.8) is 0 Å². The topological polar surface area (TPSA) is 76.6 Å². The maximum atomic E-state index is 12.4. The van der Waals surface area contributed by atoms with Crippen LogP contribution in [0.2, 0.25) is 0 Å². The highest BCUT2D eigenvalue weighted by Gasteiger charge is 2.12. The van der Waals surface area contributed by atoms with E-state index in [0.717, 1.165) is 11.4 Å². The third-order valence-corrected chi connectivity index (χ3v) is 4.03. The summed E-state index contributed by atoms with van der Waals surface area (Å²) in [5, 5.41) is 2.80. The summed E-state index contributed by atoms with van der Waals surface area (Å²) in [6.45, 7) is 0.707. The van der Waals surface area contributed by atoms with Crippen molar-refractivity contribution in [3.05, 3.63) is 72.6 Å². The van der Waals surface area contributed by atoms with Gasteiger partial charge in [-0.3, -0.25) is 4.79 Å². The van der Waals surface area contributed by atoms with Gasteiger partial charge < -0.3 is 19.7 Å². The molecule has 0 aliphatic heterocycles. The Morgan fingerprint density at radius 3 is 2.46 bits per heavy atom. The van der Waals surface area contributed by atoms with Crippen molar-refractivity contribution in [2.45, 2.75) is 0 Å². The standard InChI is InChI=1S/C21H22N4O3/c1-25(16-6-4-3-5-7-16)21-23-13-12-19(24-21)20(26)22-14-15-28-18-10-8-17(27-2)9-11-18/h3-13H,14-15H2,1-2H3,(H,22,26). The molecular formula is C21H22N4O3. The number of methoxy groups -OCH3 is 1. The van der Waals surface area contributed by atoms with Gasteiger partial charge in [-0.15, -0.1) is 0 Å². The molecule has 1 aromatic heterocycles. The number of nitrogens with one attached hydrogen (secondary N) is 1. The lowest BCUT2D eigenvalue weighted by molar-refractivity contribution is 0.0942. The fourth-order valence-corrected chi connectivity index (χ4v) is 2.50. The van der Waals surface area contributed by atoms with E-state index in [1.807, 2.05) is 66.5 Å². The number of carbonyl (C=O) groups is 1. The van der Waals surface area contributed by atoms with Crippen LogP contribution in [0.1, 0.15) is 10.5 Å². The molecule has 0 atom stereocenters. The number of nitrogens with zero attached hydrogens (tertiary/aromatic N) is 3. The summed E-state index contributed by atoms with van der Waals surface area (Å²) in [5.74, 6) is 1.65. The van der Waals surface area contributed by atoms with Gasteiger partial charge in [-0.1, -0.05) is 18.2 Å². The van der Waals surface area contributed by atoms with Crippen LogP contribution in [0.25, 0.3) is 0 Å². The average Bonchev–Trinajstić information content (AvgIpc) is 2.77. The normalized spacial score (nSPS) is 10.2. The van der Waals surface area contributed by atoms with Gasteiger partial charge >= 0.3 is 0 Å². The zero-order chi connectivity index (χ0) is 19.8. The van der Waals surface area contributed by atoms with Crippen LogP contribution in [-0.4, -0.2) is 43.2 Å². The molecule has 0 saturated carbocycles. The van der Waals surface area contributed by atoms with Gasteiger partial charge in [0.25, 0.3) is 5.91 Å². The van der Waals surface area contributed by atoms with Crippen molar-refractivity contribution in [2.24, 2.45) is 0 Å². The number of amides is 1. The summed E-state index contributed by atoms with van der Waals surface area (Å²) >= 11 is 0. The number of hydrogen-bond donors (Lipinski definition) is 1. The van der Waals surface area contributed by atoms with Gasteiger partial charge in [-0.2, -0.15) is 0 Å². The van der Waals surface area contributed by atoms with Gasteiger partial charge in [-0.05, 0) is 42.5 Å². The lowest BCUT2D eigenvalue weighted by atomic mass is 10.3. The number of para-hydroxylation sites is 1. The van der Waals surface area contributed by atoms with Crippen molar-refractivity contribution in [3.8, 4) is 11.5 Å². The second kappa shape index (κ2) is 9.36. The van der Waals surface area contributed by atoms with Crippen LogP contribution in [0.15, 0.2) is 66.9 Å². The molecule has 1 heterocycles. The summed E-state index contributed by atoms with van der Waals surface area (Å²) in [5.41, 5.74) is 1.24. The van der Waals surface area contributed by atoms with E-state index < -0.39 is 0 Å². The third-order valence-electron chi connectivity index (χ3n) is 4.03. The van der Waals surface area contributed by atoms with Gasteiger partial charge in [0.05, 0.1) is 13.7 Å². The van der Waals surface area contributed by atoms with Crippen LogP contribution in [0.4, 0.5) is 11.6 Å². The molecule has 1 amide bonds. The Hall–Kier alpha value is -3.61. The van der Waals surface area contributed by atoms with Crippen molar-refractivity contribution >= 4 is 17.5 Å². The van der Waals surface area contributed by atoms with E-state index >= 15 is 0 Å². The lowest BCUT2D eigenvalue weighted by Gasteiger charge is -2.17. The highest BCUT2D eigenvalue weighted by molar-refractivity contribution is 5.92. The molecule has 0 spiro atoms. The Morgan fingerprint density at radius 2 is 1.75 bits per heavy atom. The number of ether oxygens (including phenoxy) is 2. The average molecular weight is 378 g/mol. The van der Waals surface area contributed by atoms with Gasteiger partial charge in [0.1, 0.15) is 23.8 Å². The summed E-state index contributed by atoms with van der Waals surface area (Å²) < 4.78 is 10.7. The number of aromatic nitrogens is 2. The van der Waals surface area contributed by atoms with Crippen molar-refractivity contribution in [2.75, 3.05) is 32.2 Å². The summed E-state index contributed by atoms with van der Waals surface area (Å²) in [7, 11) is 3.47. The fourth-order valence-electron chi connectivity index (χ4n) is 2.50. The zero-order valence-corrected chi connectivity index (χ0v) is 15.8. The van der Waals surface area contributed by atoms with Crippen LogP contribution in [0, 0.1) is 0 Å². The van der Waals surface area contributed by atoms with E-state index in [-0.39, 0.29) is 5.91 Å². The molecular weight excluding hydrogens is 356 g/mol. The minimum atomic E-state index is -0.275. The summed E-state index contributed by atoms with van der Waals surface area (Å²) in [6, 6.07) is 18.6. The molecule has 2 aromatic carbocycles. The number of rotatable bonds is 8. The Morgan fingerprint density at radius 1 is 1.04 bits per heavy atom. The molecule has 1 N–H and O–H groups in total. The number of benzene rings is 2. The molecule has 3 rings (SSSR count). The van der Waals surface area contributed by atoms with Crippen molar-refractivity contribution < 1.29 is 14.3 Å². The number of carbonyl (C=O) groups excluding carboxylic acids is 1. The molecule has 0 aliphatic rings. The molecule has 28 heavy (non-hydrogen) atoms. The van der Waals surface area contributed by atoms with E-state index in [1.165, 1.54) is 0 Å². The Bertz CT molecular complexity index is 901. The van der Waals surface area contributed by atoms with Crippen LogP contribution in [0.5, 0.6) is 11.5 Å². The number of hydrogen-bond acceptors (Lipinski definition) is 6. The molecule has 0 aliphatic carbocycles.